The number of aliphatic hydroxyl groups is 1. The highest BCUT2D eigenvalue weighted by molar-refractivity contribution is 5.26. The minimum atomic E-state index is -0.0430. The molecule has 16 heavy (non-hydrogen) atoms. The van der Waals surface area contributed by atoms with Gasteiger partial charge in [0.15, 0.2) is 0 Å². The smallest absolute Gasteiger partial charge is 0.122 e. The monoisotopic (exact) mass is 222 g/mol. The molecule has 0 radical (unpaired) electrons. The van der Waals surface area contributed by atoms with Crippen LogP contribution in [0.25, 0.3) is 0 Å². The Hall–Kier alpha value is -1.13. The Morgan fingerprint density at radius 1 is 1.50 bits per heavy atom. The summed E-state index contributed by atoms with van der Waals surface area (Å²) in [5, 5.41) is 12.5. The van der Waals surface area contributed by atoms with Gasteiger partial charge in [-0.3, -0.25) is 4.98 Å². The molecule has 1 saturated carbocycles. The Balaban J connectivity index is 2.01. The summed E-state index contributed by atoms with van der Waals surface area (Å²) in [5.74, 6) is 0.832. The summed E-state index contributed by atoms with van der Waals surface area (Å²) in [5.41, 5.74) is 1.86. The quantitative estimate of drug-likeness (QED) is 0.781. The van der Waals surface area contributed by atoms with Crippen molar-refractivity contribution in [3.8, 4) is 5.75 Å². The van der Waals surface area contributed by atoms with E-state index in [-0.39, 0.29) is 12.1 Å². The largest absolute Gasteiger partial charge is 0.497 e. The third kappa shape index (κ3) is 2.51. The molecule has 0 unspecified atom stereocenters. The van der Waals surface area contributed by atoms with Gasteiger partial charge in [0.2, 0.25) is 0 Å². The first-order valence-corrected chi connectivity index (χ1v) is 5.55. The minimum absolute atomic E-state index is 0.0430. The van der Waals surface area contributed by atoms with E-state index in [2.05, 4.69) is 10.3 Å². The molecule has 0 saturated heterocycles. The molecule has 4 heteroatoms. The molecule has 0 bridgehead atoms. The highest BCUT2D eigenvalue weighted by Crippen LogP contribution is 2.34. The van der Waals surface area contributed by atoms with E-state index in [4.69, 9.17) is 4.74 Å². The van der Waals surface area contributed by atoms with Crippen LogP contribution in [0.4, 0.5) is 0 Å². The van der Waals surface area contributed by atoms with E-state index in [1.807, 2.05) is 19.1 Å². The van der Waals surface area contributed by atoms with Gasteiger partial charge in [-0.1, -0.05) is 0 Å². The molecule has 0 atom stereocenters. The highest BCUT2D eigenvalue weighted by Gasteiger charge is 2.41. The molecule has 2 rings (SSSR count). The van der Waals surface area contributed by atoms with Crippen LogP contribution in [-0.2, 0) is 6.54 Å². The standard InChI is InChI=1S/C12H18N2O2/c1-9-5-11(16-2)6-10(14-9)7-13-12(8-15)3-4-12/h5-6,13,15H,3-4,7-8H2,1-2H3. The number of pyridine rings is 1. The van der Waals surface area contributed by atoms with Crippen molar-refractivity contribution >= 4 is 0 Å². The molecule has 0 aromatic carbocycles. The second kappa shape index (κ2) is 4.39. The lowest BCUT2D eigenvalue weighted by Crippen LogP contribution is -2.34. The van der Waals surface area contributed by atoms with Gasteiger partial charge in [0, 0.05) is 29.9 Å². The van der Waals surface area contributed by atoms with Gasteiger partial charge in [-0.2, -0.15) is 0 Å². The molecule has 0 aliphatic heterocycles. The van der Waals surface area contributed by atoms with Crippen molar-refractivity contribution in [2.24, 2.45) is 0 Å². The van der Waals surface area contributed by atoms with Gasteiger partial charge in [0.1, 0.15) is 5.75 Å². The first kappa shape index (κ1) is 11.4. The van der Waals surface area contributed by atoms with Crippen LogP contribution in [0.15, 0.2) is 12.1 Å². The number of nitrogens with one attached hydrogen (secondary N) is 1. The van der Waals surface area contributed by atoms with Crippen LogP contribution < -0.4 is 10.1 Å². The van der Waals surface area contributed by atoms with Crippen molar-refractivity contribution in [1.29, 1.82) is 0 Å². The first-order chi connectivity index (χ1) is 7.67. The van der Waals surface area contributed by atoms with Gasteiger partial charge in [-0.05, 0) is 19.8 Å². The predicted molar refractivity (Wildman–Crippen MR) is 61.4 cm³/mol. The van der Waals surface area contributed by atoms with E-state index in [9.17, 15) is 5.11 Å². The molecule has 1 aromatic heterocycles. The Morgan fingerprint density at radius 3 is 2.81 bits per heavy atom. The second-order valence-electron chi connectivity index (χ2n) is 4.43. The molecule has 2 N–H and O–H groups in total. The SMILES string of the molecule is COc1cc(C)nc(CNC2(CO)CC2)c1. The number of rotatable bonds is 5. The molecule has 0 amide bonds. The molecule has 0 spiro atoms. The maximum absolute atomic E-state index is 9.18. The third-order valence-electron chi connectivity index (χ3n) is 3.02. The van der Waals surface area contributed by atoms with Gasteiger partial charge in [0.05, 0.1) is 19.4 Å². The van der Waals surface area contributed by atoms with Crippen LogP contribution in [0, 0.1) is 6.92 Å². The molecule has 1 heterocycles. The molecule has 88 valence electrons. The number of aliphatic hydroxyl groups excluding tert-OH is 1. The second-order valence-corrected chi connectivity index (χ2v) is 4.43. The van der Waals surface area contributed by atoms with Gasteiger partial charge in [0.25, 0.3) is 0 Å². The van der Waals surface area contributed by atoms with Crippen LogP contribution >= 0.6 is 0 Å². The summed E-state index contributed by atoms with van der Waals surface area (Å²) in [6, 6.07) is 3.83. The number of hydrogen-bond donors (Lipinski definition) is 2. The summed E-state index contributed by atoms with van der Waals surface area (Å²) < 4.78 is 5.19. The van der Waals surface area contributed by atoms with Crippen LogP contribution in [0.1, 0.15) is 24.2 Å². The van der Waals surface area contributed by atoms with Crippen LogP contribution in [0.5, 0.6) is 5.75 Å². The van der Waals surface area contributed by atoms with E-state index in [1.54, 1.807) is 7.11 Å². The normalized spacial score (nSPS) is 17.2. The highest BCUT2D eigenvalue weighted by atomic mass is 16.5. The number of nitrogens with zero attached hydrogens (tertiary/aromatic N) is 1. The van der Waals surface area contributed by atoms with Crippen molar-refractivity contribution in [3.05, 3.63) is 23.5 Å². The summed E-state index contributed by atoms with van der Waals surface area (Å²) in [6.45, 7) is 2.83. The molecular formula is C12H18N2O2. The average molecular weight is 222 g/mol. The summed E-state index contributed by atoms with van der Waals surface area (Å²) in [7, 11) is 1.65. The van der Waals surface area contributed by atoms with E-state index in [1.165, 1.54) is 0 Å². The molecular weight excluding hydrogens is 204 g/mol. The summed E-state index contributed by atoms with van der Waals surface area (Å²) in [4.78, 5) is 4.42. The predicted octanol–water partition coefficient (Wildman–Crippen LogP) is 1.01. The van der Waals surface area contributed by atoms with E-state index in [0.29, 0.717) is 6.54 Å². The number of hydrogen-bond acceptors (Lipinski definition) is 4. The average Bonchev–Trinajstić information content (AvgIpc) is 3.06. The number of aromatic nitrogens is 1. The maximum Gasteiger partial charge on any atom is 0.122 e. The molecule has 4 nitrogen and oxygen atoms in total. The molecule has 1 aromatic rings. The van der Waals surface area contributed by atoms with Crippen molar-refractivity contribution in [3.63, 3.8) is 0 Å². The van der Waals surface area contributed by atoms with Crippen molar-refractivity contribution < 1.29 is 9.84 Å². The zero-order valence-electron chi connectivity index (χ0n) is 9.79. The Morgan fingerprint density at radius 2 is 2.25 bits per heavy atom. The lowest BCUT2D eigenvalue weighted by molar-refractivity contribution is 0.229. The first-order valence-electron chi connectivity index (χ1n) is 5.55. The van der Waals surface area contributed by atoms with E-state index < -0.39 is 0 Å². The fourth-order valence-electron chi connectivity index (χ4n) is 1.73. The Bertz CT molecular complexity index is 375. The molecule has 1 fully saturated rings. The van der Waals surface area contributed by atoms with E-state index in [0.717, 1.165) is 30.0 Å². The zero-order valence-corrected chi connectivity index (χ0v) is 9.79. The van der Waals surface area contributed by atoms with E-state index >= 15 is 0 Å². The van der Waals surface area contributed by atoms with Crippen LogP contribution in [0.2, 0.25) is 0 Å². The maximum atomic E-state index is 9.18. The number of aryl methyl sites for hydroxylation is 1. The van der Waals surface area contributed by atoms with Crippen molar-refractivity contribution in [2.75, 3.05) is 13.7 Å². The fraction of sp³-hybridized carbons (Fsp3) is 0.583. The van der Waals surface area contributed by atoms with Gasteiger partial charge in [-0.15, -0.1) is 0 Å². The van der Waals surface area contributed by atoms with Gasteiger partial charge < -0.3 is 15.2 Å². The third-order valence-corrected chi connectivity index (χ3v) is 3.02. The van der Waals surface area contributed by atoms with Crippen molar-refractivity contribution in [1.82, 2.24) is 10.3 Å². The number of ether oxygens (including phenoxy) is 1. The van der Waals surface area contributed by atoms with Crippen LogP contribution in [0.3, 0.4) is 0 Å². The topological polar surface area (TPSA) is 54.4 Å². The molecule has 1 aliphatic rings. The Kier molecular flexibility index (Phi) is 3.12. The summed E-state index contributed by atoms with van der Waals surface area (Å²) in [6.07, 6.45) is 2.10. The summed E-state index contributed by atoms with van der Waals surface area (Å²) >= 11 is 0. The number of methoxy groups -OCH3 is 1. The minimum Gasteiger partial charge on any atom is -0.497 e. The lowest BCUT2D eigenvalue weighted by atomic mass is 10.2. The molecule has 1 aliphatic carbocycles. The van der Waals surface area contributed by atoms with Crippen LogP contribution in [-0.4, -0.2) is 29.3 Å². The van der Waals surface area contributed by atoms with Gasteiger partial charge >= 0.3 is 0 Å². The van der Waals surface area contributed by atoms with Gasteiger partial charge in [-0.25, -0.2) is 0 Å². The Labute approximate surface area is 95.7 Å². The zero-order chi connectivity index (χ0) is 11.6. The fourth-order valence-corrected chi connectivity index (χ4v) is 1.73. The lowest BCUT2D eigenvalue weighted by Gasteiger charge is -2.14. The van der Waals surface area contributed by atoms with Crippen molar-refractivity contribution in [2.45, 2.75) is 31.8 Å².